The van der Waals surface area contributed by atoms with Crippen molar-refractivity contribution in [1.82, 2.24) is 0 Å². The number of halogens is 1. The first-order valence-electron chi connectivity index (χ1n) is 4.30. The normalized spacial score (nSPS) is 11.2. The van der Waals surface area contributed by atoms with Crippen LogP contribution in [0.1, 0.15) is 15.9 Å². The predicted octanol–water partition coefficient (Wildman–Crippen LogP) is 1.17. The van der Waals surface area contributed by atoms with Gasteiger partial charge in [0.25, 0.3) is 0 Å². The molecule has 0 aliphatic carbocycles. The van der Waals surface area contributed by atoms with Crippen molar-refractivity contribution >= 4 is 25.7 Å². The molecule has 0 atom stereocenters. The molecule has 8 heteroatoms. The van der Waals surface area contributed by atoms with Crippen molar-refractivity contribution in [2.45, 2.75) is 5.75 Å². The molecule has 0 aliphatic rings. The molecule has 0 amide bonds. The second-order valence-electron chi connectivity index (χ2n) is 3.17. The topological polar surface area (TPSA) is 101 Å². The summed E-state index contributed by atoms with van der Waals surface area (Å²) in [5.74, 6) is -2.42. The highest BCUT2D eigenvalue weighted by molar-refractivity contribution is 8.13. The van der Waals surface area contributed by atoms with Crippen molar-refractivity contribution in [3.05, 3.63) is 23.3 Å². The predicted molar refractivity (Wildman–Crippen MR) is 60.1 cm³/mol. The van der Waals surface area contributed by atoms with Crippen molar-refractivity contribution in [3.63, 3.8) is 0 Å². The second kappa shape index (κ2) is 4.80. The lowest BCUT2D eigenvalue weighted by molar-refractivity contribution is 0.0693. The number of benzene rings is 1. The van der Waals surface area contributed by atoms with Crippen LogP contribution in [0.2, 0.25) is 0 Å². The third-order valence-electron chi connectivity index (χ3n) is 1.96. The van der Waals surface area contributed by atoms with E-state index in [1.807, 2.05) is 0 Å². The van der Waals surface area contributed by atoms with Gasteiger partial charge in [0.15, 0.2) is 0 Å². The van der Waals surface area contributed by atoms with Gasteiger partial charge in [-0.3, -0.25) is 0 Å². The number of aromatic hydroxyl groups is 1. The van der Waals surface area contributed by atoms with Gasteiger partial charge < -0.3 is 14.9 Å². The first-order valence-corrected chi connectivity index (χ1v) is 6.78. The summed E-state index contributed by atoms with van der Waals surface area (Å²) in [5, 5.41) is 18.1. The zero-order chi connectivity index (χ0) is 13.2. The number of aromatic carboxylic acids is 1. The Morgan fingerprint density at radius 3 is 2.47 bits per heavy atom. The Morgan fingerprint density at radius 2 is 2.06 bits per heavy atom. The maximum absolute atomic E-state index is 10.9. The van der Waals surface area contributed by atoms with Crippen LogP contribution in [0.5, 0.6) is 11.5 Å². The molecule has 6 nitrogen and oxygen atoms in total. The molecule has 0 fully saturated rings. The molecule has 17 heavy (non-hydrogen) atoms. The number of hydrogen-bond acceptors (Lipinski definition) is 5. The summed E-state index contributed by atoms with van der Waals surface area (Å²) in [7, 11) is 2.49. The van der Waals surface area contributed by atoms with Crippen LogP contribution in [0.3, 0.4) is 0 Å². The molecule has 1 aromatic carbocycles. The van der Waals surface area contributed by atoms with Crippen LogP contribution in [0.4, 0.5) is 0 Å². The molecule has 0 aliphatic heterocycles. The molecular weight excluding hydrogens is 272 g/mol. The largest absolute Gasteiger partial charge is 0.507 e. The smallest absolute Gasteiger partial charge is 0.339 e. The quantitative estimate of drug-likeness (QED) is 0.803. The minimum Gasteiger partial charge on any atom is -0.507 e. The number of methoxy groups -OCH3 is 1. The van der Waals surface area contributed by atoms with Crippen LogP contribution in [-0.2, 0) is 14.8 Å². The summed E-state index contributed by atoms with van der Waals surface area (Å²) in [5.41, 5.74) is -0.348. The number of carbonyl (C=O) groups is 1. The highest BCUT2D eigenvalue weighted by Gasteiger charge is 2.18. The number of ether oxygens (including phenoxy) is 1. The van der Waals surface area contributed by atoms with Crippen LogP contribution in [0.15, 0.2) is 12.1 Å². The van der Waals surface area contributed by atoms with Gasteiger partial charge in [0.1, 0.15) is 17.1 Å². The minimum atomic E-state index is -3.85. The van der Waals surface area contributed by atoms with Gasteiger partial charge in [0.05, 0.1) is 12.9 Å². The summed E-state index contributed by atoms with van der Waals surface area (Å²) in [4.78, 5) is 10.8. The van der Waals surface area contributed by atoms with E-state index in [9.17, 15) is 18.3 Å². The zero-order valence-electron chi connectivity index (χ0n) is 8.68. The van der Waals surface area contributed by atoms with Crippen LogP contribution in [-0.4, -0.2) is 31.7 Å². The van der Waals surface area contributed by atoms with Crippen molar-refractivity contribution in [3.8, 4) is 11.5 Å². The Kier molecular flexibility index (Phi) is 3.84. The molecule has 1 rings (SSSR count). The molecule has 0 saturated carbocycles. The minimum absolute atomic E-state index is 0.0525. The Labute approximate surface area is 102 Å². The lowest BCUT2D eigenvalue weighted by Gasteiger charge is -2.09. The Morgan fingerprint density at radius 1 is 1.47 bits per heavy atom. The SMILES string of the molecule is COc1cc(O)c(C(=O)O)cc1CS(=O)(=O)Cl. The summed E-state index contributed by atoms with van der Waals surface area (Å²) < 4.78 is 26.7. The van der Waals surface area contributed by atoms with Gasteiger partial charge in [0.2, 0.25) is 9.05 Å². The lowest BCUT2D eigenvalue weighted by atomic mass is 10.1. The van der Waals surface area contributed by atoms with E-state index in [0.717, 1.165) is 12.1 Å². The van der Waals surface area contributed by atoms with Crippen molar-refractivity contribution < 1.29 is 28.2 Å². The van der Waals surface area contributed by atoms with Crippen LogP contribution in [0, 0.1) is 0 Å². The molecule has 0 unspecified atom stereocenters. The molecule has 0 saturated heterocycles. The fraction of sp³-hybridized carbons (Fsp3) is 0.222. The molecule has 2 N–H and O–H groups in total. The second-order valence-corrected chi connectivity index (χ2v) is 5.95. The van der Waals surface area contributed by atoms with Gasteiger partial charge in [-0.15, -0.1) is 0 Å². The maximum Gasteiger partial charge on any atom is 0.339 e. The first kappa shape index (κ1) is 13.6. The molecule has 1 aromatic rings. The van der Waals surface area contributed by atoms with E-state index in [2.05, 4.69) is 0 Å². The molecule has 0 spiro atoms. The van der Waals surface area contributed by atoms with Gasteiger partial charge in [0, 0.05) is 22.3 Å². The van der Waals surface area contributed by atoms with Crippen LogP contribution < -0.4 is 4.74 Å². The van der Waals surface area contributed by atoms with E-state index >= 15 is 0 Å². The van der Waals surface area contributed by atoms with Crippen molar-refractivity contribution in [2.24, 2.45) is 0 Å². The maximum atomic E-state index is 10.9. The highest BCUT2D eigenvalue weighted by atomic mass is 35.7. The number of carboxylic acid groups (broad SMARTS) is 1. The molecule has 0 aromatic heterocycles. The average Bonchev–Trinajstić information content (AvgIpc) is 2.17. The van der Waals surface area contributed by atoms with Gasteiger partial charge in [-0.25, -0.2) is 13.2 Å². The molecule has 0 bridgehead atoms. The first-order chi connectivity index (χ1) is 7.74. The van der Waals surface area contributed by atoms with E-state index in [1.54, 1.807) is 0 Å². The third kappa shape index (κ3) is 3.50. The number of rotatable bonds is 4. The number of phenols is 1. The third-order valence-corrected chi connectivity index (χ3v) is 2.94. The number of carboxylic acids is 1. The van der Waals surface area contributed by atoms with E-state index in [4.69, 9.17) is 20.5 Å². The van der Waals surface area contributed by atoms with E-state index in [-0.39, 0.29) is 11.3 Å². The Hall–Kier alpha value is -1.47. The van der Waals surface area contributed by atoms with Crippen molar-refractivity contribution in [2.75, 3.05) is 7.11 Å². The summed E-state index contributed by atoms with van der Waals surface area (Å²) in [6.07, 6.45) is 0. The van der Waals surface area contributed by atoms with Gasteiger partial charge in [-0.1, -0.05) is 0 Å². The zero-order valence-corrected chi connectivity index (χ0v) is 10.2. The van der Waals surface area contributed by atoms with E-state index in [0.29, 0.717) is 0 Å². The monoisotopic (exact) mass is 280 g/mol. The molecule has 0 heterocycles. The lowest BCUT2D eigenvalue weighted by Crippen LogP contribution is -2.03. The summed E-state index contributed by atoms with van der Waals surface area (Å²) in [6, 6.07) is 2.04. The van der Waals surface area contributed by atoms with Crippen molar-refractivity contribution in [1.29, 1.82) is 0 Å². The average molecular weight is 281 g/mol. The summed E-state index contributed by atoms with van der Waals surface area (Å²) in [6.45, 7) is 0. The number of hydrogen-bond donors (Lipinski definition) is 2. The van der Waals surface area contributed by atoms with Crippen LogP contribution >= 0.6 is 10.7 Å². The fourth-order valence-electron chi connectivity index (χ4n) is 1.27. The molecule has 0 radical (unpaired) electrons. The molecule has 94 valence electrons. The molecular formula is C9H9ClO6S. The standard InChI is InChI=1S/C9H9ClO6S/c1-16-8-3-7(11)6(9(12)13)2-5(8)4-17(10,14)15/h2-3,11H,4H2,1H3,(H,12,13). The van der Waals surface area contributed by atoms with E-state index in [1.165, 1.54) is 7.11 Å². The van der Waals surface area contributed by atoms with Gasteiger partial charge in [-0.2, -0.15) is 0 Å². The Bertz CT molecular complexity index is 551. The summed E-state index contributed by atoms with van der Waals surface area (Å²) >= 11 is 0. The van der Waals surface area contributed by atoms with Crippen LogP contribution in [0.25, 0.3) is 0 Å². The van der Waals surface area contributed by atoms with Gasteiger partial charge in [-0.05, 0) is 6.07 Å². The van der Waals surface area contributed by atoms with Gasteiger partial charge >= 0.3 is 5.97 Å². The Balaban J connectivity index is 3.36. The fourth-order valence-corrected chi connectivity index (χ4v) is 2.22. The van der Waals surface area contributed by atoms with E-state index < -0.39 is 32.1 Å². The highest BCUT2D eigenvalue weighted by Crippen LogP contribution is 2.30.